The molecule has 1 atom stereocenters. The van der Waals surface area contributed by atoms with Crippen molar-refractivity contribution >= 4 is 11.8 Å². The summed E-state index contributed by atoms with van der Waals surface area (Å²) in [5.74, 6) is 1.10. The number of hydrogen-bond donors (Lipinski definition) is 0. The van der Waals surface area contributed by atoms with E-state index in [1.807, 2.05) is 4.90 Å². The first-order chi connectivity index (χ1) is 12.1. The summed E-state index contributed by atoms with van der Waals surface area (Å²) in [7, 11) is 1.77. The molecule has 3 aliphatic rings. The Morgan fingerprint density at radius 3 is 2.76 bits per heavy atom. The van der Waals surface area contributed by atoms with Crippen LogP contribution in [0.3, 0.4) is 0 Å². The molecule has 0 aliphatic carbocycles. The van der Waals surface area contributed by atoms with E-state index in [0.29, 0.717) is 13.0 Å². The molecule has 0 N–H and O–H groups in total. The van der Waals surface area contributed by atoms with Gasteiger partial charge in [-0.1, -0.05) is 12.1 Å². The van der Waals surface area contributed by atoms with Gasteiger partial charge in [0.2, 0.25) is 11.8 Å². The monoisotopic (exact) mass is 343 g/mol. The smallest absolute Gasteiger partial charge is 0.228 e. The molecule has 2 fully saturated rings. The Labute approximate surface area is 148 Å². The van der Waals surface area contributed by atoms with Crippen LogP contribution in [0.2, 0.25) is 0 Å². The molecule has 6 heteroatoms. The van der Waals surface area contributed by atoms with Gasteiger partial charge in [-0.2, -0.15) is 0 Å². The highest BCUT2D eigenvalue weighted by Gasteiger charge is 2.35. The molecule has 2 amide bonds. The lowest BCUT2D eigenvalue weighted by Gasteiger charge is -2.36. The molecule has 0 aromatic heterocycles. The van der Waals surface area contributed by atoms with Gasteiger partial charge >= 0.3 is 0 Å². The number of nitrogens with zero attached hydrogens (tertiary/aromatic N) is 3. The predicted octanol–water partition coefficient (Wildman–Crippen LogP) is 0.744. The van der Waals surface area contributed by atoms with Gasteiger partial charge in [-0.05, 0) is 17.2 Å². The Bertz CT molecular complexity index is 682. The van der Waals surface area contributed by atoms with E-state index < -0.39 is 0 Å². The number of benzene rings is 1. The quantitative estimate of drug-likeness (QED) is 0.813. The number of carbonyl (C=O) groups excluding carboxylic acids is 2. The van der Waals surface area contributed by atoms with Crippen LogP contribution in [0.4, 0.5) is 0 Å². The topological polar surface area (TPSA) is 53.1 Å². The van der Waals surface area contributed by atoms with Crippen LogP contribution in [0, 0.1) is 5.92 Å². The minimum atomic E-state index is -0.152. The highest BCUT2D eigenvalue weighted by atomic mass is 16.5. The summed E-state index contributed by atoms with van der Waals surface area (Å²) in [4.78, 5) is 30.2. The SMILES string of the molecule is CN1C[C@H](C(=O)N2CCN(Cc3ccc4c(c3)CCO4)CC2)CC1=O. The first kappa shape index (κ1) is 16.4. The maximum Gasteiger partial charge on any atom is 0.228 e. The summed E-state index contributed by atoms with van der Waals surface area (Å²) in [6.07, 6.45) is 1.37. The first-order valence-corrected chi connectivity index (χ1v) is 9.10. The molecule has 0 radical (unpaired) electrons. The zero-order chi connectivity index (χ0) is 17.4. The fraction of sp³-hybridized carbons (Fsp3) is 0.579. The van der Waals surface area contributed by atoms with E-state index in [2.05, 4.69) is 23.1 Å². The van der Waals surface area contributed by atoms with Crippen molar-refractivity contribution in [2.45, 2.75) is 19.4 Å². The van der Waals surface area contributed by atoms with Crippen molar-refractivity contribution in [3.05, 3.63) is 29.3 Å². The second kappa shape index (κ2) is 6.67. The molecule has 0 unspecified atom stereocenters. The number of carbonyl (C=O) groups is 2. The van der Waals surface area contributed by atoms with E-state index in [9.17, 15) is 9.59 Å². The Hall–Kier alpha value is -2.08. The molecule has 3 aliphatic heterocycles. The number of piperazine rings is 1. The number of hydrogen-bond acceptors (Lipinski definition) is 4. The highest BCUT2D eigenvalue weighted by Crippen LogP contribution is 2.26. The summed E-state index contributed by atoms with van der Waals surface area (Å²) in [5, 5.41) is 0. The van der Waals surface area contributed by atoms with E-state index in [4.69, 9.17) is 4.74 Å². The summed E-state index contributed by atoms with van der Waals surface area (Å²) >= 11 is 0. The van der Waals surface area contributed by atoms with E-state index in [0.717, 1.165) is 51.5 Å². The number of amides is 2. The number of rotatable bonds is 3. The third-order valence-corrected chi connectivity index (χ3v) is 5.53. The second-order valence-electron chi connectivity index (χ2n) is 7.32. The Kier molecular flexibility index (Phi) is 4.37. The molecule has 2 saturated heterocycles. The largest absolute Gasteiger partial charge is 0.493 e. The van der Waals surface area contributed by atoms with Crippen molar-refractivity contribution < 1.29 is 14.3 Å². The standard InChI is InChI=1S/C19H25N3O3/c1-20-13-16(11-18(20)23)19(24)22-7-5-21(6-8-22)12-14-2-3-17-15(10-14)4-9-25-17/h2-3,10,16H,4-9,11-13H2,1H3/t16-/m1/s1. The lowest BCUT2D eigenvalue weighted by atomic mass is 10.1. The van der Waals surface area contributed by atoms with E-state index in [-0.39, 0.29) is 17.7 Å². The fourth-order valence-corrected chi connectivity index (χ4v) is 4.01. The third kappa shape index (κ3) is 3.35. The van der Waals surface area contributed by atoms with Crippen LogP contribution in [0.1, 0.15) is 17.5 Å². The Morgan fingerprint density at radius 2 is 2.04 bits per heavy atom. The zero-order valence-electron chi connectivity index (χ0n) is 14.7. The van der Waals surface area contributed by atoms with Crippen molar-refractivity contribution in [1.29, 1.82) is 0 Å². The molecule has 1 aromatic rings. The van der Waals surface area contributed by atoms with Crippen LogP contribution in [-0.2, 0) is 22.6 Å². The van der Waals surface area contributed by atoms with Gasteiger partial charge in [0.25, 0.3) is 0 Å². The molecule has 1 aromatic carbocycles. The minimum Gasteiger partial charge on any atom is -0.493 e. The third-order valence-electron chi connectivity index (χ3n) is 5.53. The minimum absolute atomic E-state index is 0.0811. The molecule has 134 valence electrons. The fourth-order valence-electron chi connectivity index (χ4n) is 4.01. The molecular weight excluding hydrogens is 318 g/mol. The summed E-state index contributed by atoms with van der Waals surface area (Å²) in [6, 6.07) is 6.46. The van der Waals surface area contributed by atoms with Crippen LogP contribution in [0.5, 0.6) is 5.75 Å². The van der Waals surface area contributed by atoms with Gasteiger partial charge in [-0.25, -0.2) is 0 Å². The molecule has 4 rings (SSSR count). The van der Waals surface area contributed by atoms with Crippen molar-refractivity contribution in [3.63, 3.8) is 0 Å². The van der Waals surface area contributed by atoms with Gasteiger partial charge in [-0.15, -0.1) is 0 Å². The van der Waals surface area contributed by atoms with Crippen molar-refractivity contribution in [2.24, 2.45) is 5.92 Å². The lowest BCUT2D eigenvalue weighted by molar-refractivity contribution is -0.137. The molecule has 0 saturated carbocycles. The van der Waals surface area contributed by atoms with Gasteiger partial charge in [0, 0.05) is 59.2 Å². The van der Waals surface area contributed by atoms with Crippen LogP contribution in [0.15, 0.2) is 18.2 Å². The normalized spacial score (nSPS) is 23.7. The summed E-state index contributed by atoms with van der Waals surface area (Å²) < 4.78 is 5.56. The molecule has 3 heterocycles. The zero-order valence-corrected chi connectivity index (χ0v) is 14.7. The maximum atomic E-state index is 12.6. The van der Waals surface area contributed by atoms with Gasteiger partial charge in [0.1, 0.15) is 5.75 Å². The van der Waals surface area contributed by atoms with Gasteiger partial charge in [-0.3, -0.25) is 14.5 Å². The van der Waals surface area contributed by atoms with Gasteiger partial charge in [0.05, 0.1) is 12.5 Å². The van der Waals surface area contributed by atoms with Crippen LogP contribution < -0.4 is 4.74 Å². The number of fused-ring (bicyclic) bond motifs is 1. The molecule has 25 heavy (non-hydrogen) atoms. The van der Waals surface area contributed by atoms with Crippen LogP contribution in [0.25, 0.3) is 0 Å². The molecule has 6 nitrogen and oxygen atoms in total. The predicted molar refractivity (Wildman–Crippen MR) is 93.2 cm³/mol. The van der Waals surface area contributed by atoms with Crippen LogP contribution in [-0.4, -0.2) is 72.9 Å². The van der Waals surface area contributed by atoms with E-state index >= 15 is 0 Å². The number of likely N-dealkylation sites (tertiary alicyclic amines) is 1. The van der Waals surface area contributed by atoms with Gasteiger partial charge in [0.15, 0.2) is 0 Å². The average Bonchev–Trinajstić information content (AvgIpc) is 3.21. The molecule has 0 spiro atoms. The summed E-state index contributed by atoms with van der Waals surface area (Å²) in [6.45, 7) is 5.54. The van der Waals surface area contributed by atoms with Crippen molar-refractivity contribution in [1.82, 2.24) is 14.7 Å². The second-order valence-corrected chi connectivity index (χ2v) is 7.32. The number of ether oxygens (including phenoxy) is 1. The lowest BCUT2D eigenvalue weighted by Crippen LogP contribution is -2.50. The Balaban J connectivity index is 1.30. The average molecular weight is 343 g/mol. The Morgan fingerprint density at radius 1 is 1.24 bits per heavy atom. The first-order valence-electron chi connectivity index (χ1n) is 9.10. The van der Waals surface area contributed by atoms with E-state index in [1.165, 1.54) is 11.1 Å². The maximum absolute atomic E-state index is 12.6. The van der Waals surface area contributed by atoms with Crippen molar-refractivity contribution in [3.8, 4) is 5.75 Å². The molecular formula is C19H25N3O3. The van der Waals surface area contributed by atoms with Gasteiger partial charge < -0.3 is 14.5 Å². The van der Waals surface area contributed by atoms with Crippen LogP contribution >= 0.6 is 0 Å². The van der Waals surface area contributed by atoms with E-state index in [1.54, 1.807) is 11.9 Å². The molecule has 0 bridgehead atoms. The van der Waals surface area contributed by atoms with Crippen molar-refractivity contribution in [2.75, 3.05) is 46.4 Å². The summed E-state index contributed by atoms with van der Waals surface area (Å²) in [5.41, 5.74) is 2.62. The highest BCUT2D eigenvalue weighted by molar-refractivity contribution is 5.89.